The smallest absolute Gasteiger partial charge is 0.258 e. The molecule has 112 valence electrons. The van der Waals surface area contributed by atoms with Gasteiger partial charge in [0.1, 0.15) is 5.82 Å². The van der Waals surface area contributed by atoms with Crippen LogP contribution in [0.25, 0.3) is 10.9 Å². The molecule has 0 unspecified atom stereocenters. The van der Waals surface area contributed by atoms with Crippen molar-refractivity contribution in [1.82, 2.24) is 20.2 Å². The molecule has 22 heavy (non-hydrogen) atoms. The molecule has 0 saturated heterocycles. The molecule has 8 heteroatoms. The number of fused-ring (bicyclic) bond motifs is 1. The maximum Gasteiger partial charge on any atom is 0.258 e. The second kappa shape index (κ2) is 6.71. The Labute approximate surface area is 134 Å². The van der Waals surface area contributed by atoms with Crippen molar-refractivity contribution in [2.45, 2.75) is 10.1 Å². The number of para-hydroxylation sites is 1. The van der Waals surface area contributed by atoms with Gasteiger partial charge in [0, 0.05) is 6.54 Å². The van der Waals surface area contributed by atoms with Crippen molar-refractivity contribution in [3.8, 4) is 0 Å². The number of aromatic amines is 1. The summed E-state index contributed by atoms with van der Waals surface area (Å²) >= 11 is 2.95. The van der Waals surface area contributed by atoms with Gasteiger partial charge in [0.15, 0.2) is 4.34 Å². The maximum atomic E-state index is 12.0. The van der Waals surface area contributed by atoms with Crippen LogP contribution in [-0.2, 0) is 5.75 Å². The summed E-state index contributed by atoms with van der Waals surface area (Å²) in [6.45, 7) is 4.29. The Morgan fingerprint density at radius 2 is 2.23 bits per heavy atom. The first-order chi connectivity index (χ1) is 10.8. The zero-order valence-electron chi connectivity index (χ0n) is 11.6. The van der Waals surface area contributed by atoms with E-state index < -0.39 is 0 Å². The fourth-order valence-electron chi connectivity index (χ4n) is 1.83. The number of hydrogen-bond donors (Lipinski definition) is 2. The first kappa shape index (κ1) is 14.7. The molecule has 0 radical (unpaired) electrons. The number of thioether (sulfide) groups is 1. The van der Waals surface area contributed by atoms with E-state index in [0.29, 0.717) is 29.0 Å². The Hall–Kier alpha value is -2.19. The summed E-state index contributed by atoms with van der Waals surface area (Å²) in [7, 11) is 0. The standard InChI is InChI=1S/C14H13N5OS2/c1-2-7-15-13-18-19-14(22-13)21-8-11-16-10-6-4-3-5-9(10)12(20)17-11/h2-6H,1,7-8H2,(H,15,18)(H,16,17,20). The van der Waals surface area contributed by atoms with Crippen LogP contribution in [0.15, 0.2) is 46.1 Å². The molecule has 0 atom stereocenters. The minimum atomic E-state index is -0.119. The van der Waals surface area contributed by atoms with Crippen molar-refractivity contribution in [2.24, 2.45) is 0 Å². The van der Waals surface area contributed by atoms with Gasteiger partial charge in [0.25, 0.3) is 5.56 Å². The van der Waals surface area contributed by atoms with Crippen molar-refractivity contribution in [1.29, 1.82) is 0 Å². The molecule has 2 N–H and O–H groups in total. The number of anilines is 1. The summed E-state index contributed by atoms with van der Waals surface area (Å²) in [5.41, 5.74) is 0.583. The lowest BCUT2D eigenvalue weighted by Gasteiger charge is -2.01. The monoisotopic (exact) mass is 331 g/mol. The van der Waals surface area contributed by atoms with E-state index in [1.165, 1.54) is 23.1 Å². The first-order valence-corrected chi connectivity index (χ1v) is 8.35. The van der Waals surface area contributed by atoms with Gasteiger partial charge in [-0.25, -0.2) is 4.98 Å². The van der Waals surface area contributed by atoms with Crippen LogP contribution >= 0.6 is 23.1 Å². The molecular weight excluding hydrogens is 318 g/mol. The van der Waals surface area contributed by atoms with Crippen LogP contribution in [0.3, 0.4) is 0 Å². The minimum Gasteiger partial charge on any atom is -0.357 e. The summed E-state index contributed by atoms with van der Waals surface area (Å²) in [5, 5.41) is 12.6. The highest BCUT2D eigenvalue weighted by Gasteiger charge is 2.07. The van der Waals surface area contributed by atoms with Crippen LogP contribution in [0.2, 0.25) is 0 Å². The van der Waals surface area contributed by atoms with Crippen molar-refractivity contribution in [3.05, 3.63) is 53.1 Å². The summed E-state index contributed by atoms with van der Waals surface area (Å²) in [4.78, 5) is 19.2. The Balaban J connectivity index is 1.72. The number of nitrogens with one attached hydrogen (secondary N) is 2. The van der Waals surface area contributed by atoms with Crippen molar-refractivity contribution >= 4 is 39.1 Å². The molecule has 3 aromatic rings. The fraction of sp³-hybridized carbons (Fsp3) is 0.143. The fourth-order valence-corrected chi connectivity index (χ4v) is 3.46. The summed E-state index contributed by atoms with van der Waals surface area (Å²) in [6.07, 6.45) is 1.76. The van der Waals surface area contributed by atoms with E-state index in [2.05, 4.69) is 32.1 Å². The van der Waals surface area contributed by atoms with E-state index in [0.717, 1.165) is 9.47 Å². The molecule has 2 aromatic heterocycles. The van der Waals surface area contributed by atoms with Crippen LogP contribution in [0.4, 0.5) is 5.13 Å². The maximum absolute atomic E-state index is 12.0. The molecular formula is C14H13N5OS2. The summed E-state index contributed by atoms with van der Waals surface area (Å²) in [6, 6.07) is 7.29. The highest BCUT2D eigenvalue weighted by molar-refractivity contribution is 8.00. The van der Waals surface area contributed by atoms with Crippen molar-refractivity contribution in [2.75, 3.05) is 11.9 Å². The minimum absolute atomic E-state index is 0.119. The number of H-pyrrole nitrogens is 1. The molecule has 0 aliphatic heterocycles. The highest BCUT2D eigenvalue weighted by Crippen LogP contribution is 2.27. The lowest BCUT2D eigenvalue weighted by Crippen LogP contribution is -2.11. The van der Waals surface area contributed by atoms with Gasteiger partial charge in [0.05, 0.1) is 16.7 Å². The molecule has 2 heterocycles. The van der Waals surface area contributed by atoms with Gasteiger partial charge < -0.3 is 10.3 Å². The highest BCUT2D eigenvalue weighted by atomic mass is 32.2. The number of nitrogens with zero attached hydrogens (tertiary/aromatic N) is 3. The Kier molecular flexibility index (Phi) is 4.50. The lowest BCUT2D eigenvalue weighted by molar-refractivity contribution is 0.998. The largest absolute Gasteiger partial charge is 0.357 e. The topological polar surface area (TPSA) is 83.6 Å². The van der Waals surface area contributed by atoms with Gasteiger partial charge >= 0.3 is 0 Å². The quantitative estimate of drug-likeness (QED) is 0.534. The van der Waals surface area contributed by atoms with Crippen LogP contribution < -0.4 is 10.9 Å². The van der Waals surface area contributed by atoms with E-state index >= 15 is 0 Å². The van der Waals surface area contributed by atoms with Gasteiger partial charge in [-0.15, -0.1) is 16.8 Å². The Morgan fingerprint density at radius 1 is 1.36 bits per heavy atom. The van der Waals surface area contributed by atoms with Crippen LogP contribution in [0.1, 0.15) is 5.82 Å². The van der Waals surface area contributed by atoms with Crippen molar-refractivity contribution in [3.63, 3.8) is 0 Å². The second-order valence-electron chi connectivity index (χ2n) is 4.36. The van der Waals surface area contributed by atoms with Gasteiger partial charge in [-0.1, -0.05) is 41.3 Å². The predicted molar refractivity (Wildman–Crippen MR) is 90.5 cm³/mol. The molecule has 0 bridgehead atoms. The van der Waals surface area contributed by atoms with Crippen LogP contribution in [0.5, 0.6) is 0 Å². The molecule has 0 spiro atoms. The summed E-state index contributed by atoms with van der Waals surface area (Å²) < 4.78 is 0.822. The molecule has 3 rings (SSSR count). The van der Waals surface area contributed by atoms with Gasteiger partial charge in [-0.2, -0.15) is 0 Å². The Bertz CT molecular complexity index is 858. The zero-order chi connectivity index (χ0) is 15.4. The third-order valence-electron chi connectivity index (χ3n) is 2.80. The van der Waals surface area contributed by atoms with E-state index in [1.807, 2.05) is 18.2 Å². The van der Waals surface area contributed by atoms with Crippen LogP contribution in [0, 0.1) is 0 Å². The molecule has 0 fully saturated rings. The van der Waals surface area contributed by atoms with Crippen molar-refractivity contribution < 1.29 is 0 Å². The molecule has 0 amide bonds. The third-order valence-corrected chi connectivity index (χ3v) is 4.82. The number of hydrogen-bond acceptors (Lipinski definition) is 7. The van der Waals surface area contributed by atoms with Gasteiger partial charge in [0.2, 0.25) is 5.13 Å². The SMILES string of the molecule is C=CCNc1nnc(SCc2nc3ccccc3c(=O)[nH]2)s1. The zero-order valence-corrected chi connectivity index (χ0v) is 13.2. The third kappa shape index (κ3) is 3.34. The molecule has 0 aliphatic carbocycles. The van der Waals surface area contributed by atoms with E-state index in [9.17, 15) is 4.79 Å². The summed E-state index contributed by atoms with van der Waals surface area (Å²) in [5.74, 6) is 1.17. The molecule has 0 aliphatic rings. The number of aromatic nitrogens is 4. The molecule has 0 saturated carbocycles. The number of rotatable bonds is 6. The molecule has 6 nitrogen and oxygen atoms in total. The first-order valence-electron chi connectivity index (χ1n) is 6.55. The Morgan fingerprint density at radius 3 is 3.09 bits per heavy atom. The van der Waals surface area contributed by atoms with Gasteiger partial charge in [-0.05, 0) is 12.1 Å². The average Bonchev–Trinajstić information content (AvgIpc) is 2.99. The average molecular weight is 331 g/mol. The van der Waals surface area contributed by atoms with Crippen LogP contribution in [-0.4, -0.2) is 26.7 Å². The van der Waals surface area contributed by atoms with E-state index in [1.54, 1.807) is 12.1 Å². The molecule has 1 aromatic carbocycles. The van der Waals surface area contributed by atoms with E-state index in [4.69, 9.17) is 0 Å². The second-order valence-corrected chi connectivity index (χ2v) is 6.56. The normalized spacial score (nSPS) is 10.7. The van der Waals surface area contributed by atoms with Gasteiger partial charge in [-0.3, -0.25) is 4.79 Å². The lowest BCUT2D eigenvalue weighted by atomic mass is 10.2. The number of benzene rings is 1. The predicted octanol–water partition coefficient (Wildman–Crippen LogP) is 2.66. The van der Waals surface area contributed by atoms with E-state index in [-0.39, 0.29) is 5.56 Å².